The third-order valence-electron chi connectivity index (χ3n) is 5.85. The Morgan fingerprint density at radius 1 is 0.767 bits per heavy atom. The number of fused-ring (bicyclic) bond motifs is 4. The summed E-state index contributed by atoms with van der Waals surface area (Å²) in [5, 5.41) is 2.04. The SMILES string of the molecule is O=C1C2=C(C(=O)c3ccccc31)C(c1cccnc1)c1c(ccc3ccccc13)O2. The number of ketones is 2. The number of pyridine rings is 1. The van der Waals surface area contributed by atoms with Gasteiger partial charge in [-0.15, -0.1) is 0 Å². The number of hydrogen-bond donors (Lipinski definition) is 0. The van der Waals surface area contributed by atoms with Gasteiger partial charge in [-0.3, -0.25) is 14.6 Å². The van der Waals surface area contributed by atoms with Crippen LogP contribution in [0.5, 0.6) is 5.75 Å². The van der Waals surface area contributed by atoms with E-state index >= 15 is 0 Å². The van der Waals surface area contributed by atoms with Gasteiger partial charge >= 0.3 is 0 Å². The summed E-state index contributed by atoms with van der Waals surface area (Å²) in [4.78, 5) is 31.2. The molecule has 1 aliphatic carbocycles. The van der Waals surface area contributed by atoms with Crippen LogP contribution in [0.1, 0.15) is 37.8 Å². The van der Waals surface area contributed by atoms with Crippen molar-refractivity contribution in [1.29, 1.82) is 0 Å². The lowest BCUT2D eigenvalue weighted by atomic mass is 9.74. The molecule has 0 saturated heterocycles. The van der Waals surface area contributed by atoms with Crippen LogP contribution in [0.2, 0.25) is 0 Å². The normalized spacial score (nSPS) is 17.3. The highest BCUT2D eigenvalue weighted by Gasteiger charge is 2.43. The van der Waals surface area contributed by atoms with Crippen LogP contribution in [0.25, 0.3) is 10.8 Å². The quantitative estimate of drug-likeness (QED) is 0.455. The molecule has 1 atom stereocenters. The van der Waals surface area contributed by atoms with Crippen molar-refractivity contribution in [1.82, 2.24) is 4.98 Å². The van der Waals surface area contributed by atoms with Gasteiger partial charge in [0.25, 0.3) is 0 Å². The first-order chi connectivity index (χ1) is 14.7. The van der Waals surface area contributed by atoms with Crippen LogP contribution in [0.3, 0.4) is 0 Å². The number of carbonyl (C=O) groups excluding carboxylic acids is 2. The van der Waals surface area contributed by atoms with Crippen molar-refractivity contribution in [2.24, 2.45) is 0 Å². The maximum Gasteiger partial charge on any atom is 0.229 e. The molecule has 1 aromatic heterocycles. The van der Waals surface area contributed by atoms with Gasteiger partial charge in [-0.1, -0.05) is 60.7 Å². The highest BCUT2D eigenvalue weighted by atomic mass is 16.5. The molecule has 1 aliphatic heterocycles. The lowest BCUT2D eigenvalue weighted by Crippen LogP contribution is -2.31. The van der Waals surface area contributed by atoms with Crippen molar-refractivity contribution >= 4 is 22.3 Å². The van der Waals surface area contributed by atoms with Gasteiger partial charge in [-0.05, 0) is 28.5 Å². The second-order valence-electron chi connectivity index (χ2n) is 7.47. The molecule has 0 N–H and O–H groups in total. The molecule has 4 aromatic rings. The summed E-state index contributed by atoms with van der Waals surface area (Å²) in [6.07, 6.45) is 3.45. The third-order valence-corrected chi connectivity index (χ3v) is 5.85. The van der Waals surface area contributed by atoms with Crippen molar-refractivity contribution in [3.63, 3.8) is 0 Å². The highest BCUT2D eigenvalue weighted by molar-refractivity contribution is 6.27. The molecule has 0 bridgehead atoms. The van der Waals surface area contributed by atoms with Crippen LogP contribution in [0.15, 0.2) is 96.5 Å². The lowest BCUT2D eigenvalue weighted by Gasteiger charge is -2.33. The standard InChI is InChI=1S/C26H15NO3/c28-24-18-9-3-4-10-19(18)25(29)26-23(24)21(16-7-5-13-27-14-16)22-17-8-2-1-6-15(17)11-12-20(22)30-26/h1-14,21H. The number of nitrogens with zero attached hydrogens (tertiary/aromatic N) is 1. The van der Waals surface area contributed by atoms with Gasteiger partial charge in [0.2, 0.25) is 5.78 Å². The molecule has 4 nitrogen and oxygen atoms in total. The third kappa shape index (κ3) is 2.25. The zero-order chi connectivity index (χ0) is 20.2. The second-order valence-corrected chi connectivity index (χ2v) is 7.47. The average Bonchev–Trinajstić information content (AvgIpc) is 2.81. The van der Waals surface area contributed by atoms with E-state index in [9.17, 15) is 9.59 Å². The molecule has 2 heterocycles. The summed E-state index contributed by atoms with van der Waals surface area (Å²) in [5.74, 6) is -0.147. The molecule has 1 unspecified atom stereocenters. The van der Waals surface area contributed by atoms with Crippen LogP contribution < -0.4 is 4.74 Å². The number of carbonyl (C=O) groups is 2. The number of aromatic nitrogens is 1. The fourth-order valence-electron chi connectivity index (χ4n) is 4.53. The number of allylic oxidation sites excluding steroid dienone is 2. The van der Waals surface area contributed by atoms with Crippen molar-refractivity contribution in [2.45, 2.75) is 5.92 Å². The topological polar surface area (TPSA) is 56.3 Å². The monoisotopic (exact) mass is 389 g/mol. The summed E-state index contributed by atoms with van der Waals surface area (Å²) < 4.78 is 6.12. The molecule has 0 spiro atoms. The van der Waals surface area contributed by atoms with E-state index in [1.165, 1.54) is 0 Å². The first-order valence-electron chi connectivity index (χ1n) is 9.76. The van der Waals surface area contributed by atoms with E-state index in [-0.39, 0.29) is 17.3 Å². The Morgan fingerprint density at radius 3 is 2.33 bits per heavy atom. The largest absolute Gasteiger partial charge is 0.452 e. The molecule has 2 aliphatic rings. The molecule has 30 heavy (non-hydrogen) atoms. The van der Waals surface area contributed by atoms with Gasteiger partial charge in [-0.25, -0.2) is 0 Å². The number of Topliss-reactive ketones (excluding diaryl/α,β-unsaturated/α-hetero) is 2. The summed E-state index contributed by atoms with van der Waals surface area (Å²) in [5.41, 5.74) is 2.93. The molecule has 0 saturated carbocycles. The number of ether oxygens (including phenoxy) is 1. The molecule has 3 aromatic carbocycles. The maximum atomic E-state index is 13.6. The molecule has 142 valence electrons. The average molecular weight is 389 g/mol. The van der Waals surface area contributed by atoms with Crippen LogP contribution >= 0.6 is 0 Å². The van der Waals surface area contributed by atoms with Crippen molar-refractivity contribution in [3.8, 4) is 5.75 Å². The molecule has 0 fully saturated rings. The van der Waals surface area contributed by atoms with E-state index in [1.54, 1.807) is 36.7 Å². The predicted octanol–water partition coefficient (Wildman–Crippen LogP) is 5.09. The first-order valence-corrected chi connectivity index (χ1v) is 9.76. The van der Waals surface area contributed by atoms with E-state index in [0.717, 1.165) is 21.9 Å². The molecule has 0 amide bonds. The van der Waals surface area contributed by atoms with E-state index in [2.05, 4.69) is 4.98 Å². The van der Waals surface area contributed by atoms with Crippen molar-refractivity contribution in [3.05, 3.63) is 119 Å². The van der Waals surface area contributed by atoms with Gasteiger partial charge in [0, 0.05) is 35.0 Å². The molecular weight excluding hydrogens is 374 g/mol. The Kier molecular flexibility index (Phi) is 3.50. The minimum absolute atomic E-state index is 0.121. The molecular formula is C26H15NO3. The zero-order valence-corrected chi connectivity index (χ0v) is 15.8. The minimum Gasteiger partial charge on any atom is -0.452 e. The van der Waals surface area contributed by atoms with E-state index in [1.807, 2.05) is 48.5 Å². The second kappa shape index (κ2) is 6.22. The van der Waals surface area contributed by atoms with Crippen LogP contribution in [-0.4, -0.2) is 16.6 Å². The summed E-state index contributed by atoms with van der Waals surface area (Å²) in [6.45, 7) is 0. The smallest absolute Gasteiger partial charge is 0.229 e. The Hall–Kier alpha value is -4.05. The minimum atomic E-state index is -0.437. The fraction of sp³-hybridized carbons (Fsp3) is 0.0385. The van der Waals surface area contributed by atoms with E-state index < -0.39 is 5.92 Å². The summed E-state index contributed by atoms with van der Waals surface area (Å²) in [6, 6.07) is 22.6. The van der Waals surface area contributed by atoms with Gasteiger partial charge in [0.1, 0.15) is 5.75 Å². The van der Waals surface area contributed by atoms with E-state index in [0.29, 0.717) is 22.4 Å². The van der Waals surface area contributed by atoms with Crippen molar-refractivity contribution in [2.75, 3.05) is 0 Å². The van der Waals surface area contributed by atoms with Crippen LogP contribution in [-0.2, 0) is 0 Å². The Labute approximate surface area is 172 Å². The maximum absolute atomic E-state index is 13.6. The van der Waals surface area contributed by atoms with Crippen molar-refractivity contribution < 1.29 is 14.3 Å². The molecule has 0 radical (unpaired) electrons. The lowest BCUT2D eigenvalue weighted by molar-refractivity contribution is 0.0927. The summed E-state index contributed by atoms with van der Waals surface area (Å²) >= 11 is 0. The Bertz CT molecular complexity index is 1400. The predicted molar refractivity (Wildman–Crippen MR) is 113 cm³/mol. The Balaban J connectivity index is 1.70. The number of hydrogen-bond acceptors (Lipinski definition) is 4. The van der Waals surface area contributed by atoms with Crippen LogP contribution in [0.4, 0.5) is 0 Å². The van der Waals surface area contributed by atoms with Gasteiger partial charge in [-0.2, -0.15) is 0 Å². The highest BCUT2D eigenvalue weighted by Crippen LogP contribution is 2.49. The van der Waals surface area contributed by atoms with Gasteiger partial charge < -0.3 is 4.74 Å². The number of rotatable bonds is 1. The van der Waals surface area contributed by atoms with Crippen LogP contribution in [0, 0.1) is 0 Å². The summed E-state index contributed by atoms with van der Waals surface area (Å²) in [7, 11) is 0. The Morgan fingerprint density at radius 2 is 1.53 bits per heavy atom. The molecule has 6 rings (SSSR count). The van der Waals surface area contributed by atoms with E-state index in [4.69, 9.17) is 4.74 Å². The first kappa shape index (κ1) is 16.9. The zero-order valence-electron chi connectivity index (χ0n) is 15.8. The fourth-order valence-corrected chi connectivity index (χ4v) is 4.53. The van der Waals surface area contributed by atoms with Gasteiger partial charge in [0.05, 0.1) is 5.57 Å². The van der Waals surface area contributed by atoms with Gasteiger partial charge in [0.15, 0.2) is 11.5 Å². The molecule has 4 heteroatoms. The number of benzene rings is 3.